The number of para-hydroxylation sites is 1. The first kappa shape index (κ1) is 15.3. The number of ether oxygens (including phenoxy) is 1. The van der Waals surface area contributed by atoms with Crippen molar-refractivity contribution in [2.24, 2.45) is 0 Å². The number of benzene rings is 3. The molecule has 2 nitrogen and oxygen atoms in total. The Labute approximate surface area is 140 Å². The van der Waals surface area contributed by atoms with Crippen LogP contribution in [0.1, 0.15) is 10.4 Å². The SMILES string of the molecule is O=C(COc1ccccc1-c1ccccc1)c1ccc(Cl)cc1. The van der Waals surface area contributed by atoms with Gasteiger partial charge in [0.25, 0.3) is 0 Å². The van der Waals surface area contributed by atoms with Gasteiger partial charge in [0.05, 0.1) is 0 Å². The molecule has 3 aromatic carbocycles. The molecule has 0 saturated carbocycles. The number of rotatable bonds is 5. The predicted molar refractivity (Wildman–Crippen MR) is 93.2 cm³/mol. The molecule has 0 saturated heterocycles. The lowest BCUT2D eigenvalue weighted by Gasteiger charge is -2.11. The second kappa shape index (κ2) is 7.12. The Balaban J connectivity index is 1.76. The minimum Gasteiger partial charge on any atom is -0.485 e. The highest BCUT2D eigenvalue weighted by molar-refractivity contribution is 6.30. The monoisotopic (exact) mass is 322 g/mol. The molecule has 114 valence electrons. The molecule has 0 unspecified atom stereocenters. The first-order valence-corrected chi connectivity index (χ1v) is 7.68. The fourth-order valence-electron chi connectivity index (χ4n) is 2.31. The zero-order chi connectivity index (χ0) is 16.1. The van der Waals surface area contributed by atoms with E-state index in [0.29, 0.717) is 16.3 Å². The quantitative estimate of drug-likeness (QED) is 0.598. The van der Waals surface area contributed by atoms with Crippen LogP contribution in [0.3, 0.4) is 0 Å². The zero-order valence-electron chi connectivity index (χ0n) is 12.4. The first-order chi connectivity index (χ1) is 11.2. The molecule has 0 radical (unpaired) electrons. The summed E-state index contributed by atoms with van der Waals surface area (Å²) in [6.45, 7) is -0.00845. The molecule has 3 rings (SSSR count). The highest BCUT2D eigenvalue weighted by atomic mass is 35.5. The van der Waals surface area contributed by atoms with E-state index in [0.717, 1.165) is 11.1 Å². The summed E-state index contributed by atoms with van der Waals surface area (Å²) in [6, 6.07) is 24.5. The maximum atomic E-state index is 12.2. The second-order valence-corrected chi connectivity index (χ2v) is 5.52. The van der Waals surface area contributed by atoms with Crippen LogP contribution < -0.4 is 4.74 Å². The van der Waals surface area contributed by atoms with E-state index in [1.54, 1.807) is 24.3 Å². The van der Waals surface area contributed by atoms with Gasteiger partial charge < -0.3 is 4.74 Å². The fourth-order valence-corrected chi connectivity index (χ4v) is 2.44. The van der Waals surface area contributed by atoms with E-state index in [4.69, 9.17) is 16.3 Å². The maximum Gasteiger partial charge on any atom is 0.200 e. The summed E-state index contributed by atoms with van der Waals surface area (Å²) in [6.07, 6.45) is 0. The van der Waals surface area contributed by atoms with Gasteiger partial charge in [-0.1, -0.05) is 60.1 Å². The minimum absolute atomic E-state index is 0.00845. The van der Waals surface area contributed by atoms with E-state index in [1.807, 2.05) is 54.6 Å². The molecule has 0 spiro atoms. The van der Waals surface area contributed by atoms with Gasteiger partial charge in [-0.05, 0) is 35.9 Å². The summed E-state index contributed by atoms with van der Waals surface area (Å²) in [5, 5.41) is 0.608. The molecule has 0 fully saturated rings. The number of carbonyl (C=O) groups excluding carboxylic acids is 1. The van der Waals surface area contributed by atoms with Gasteiger partial charge in [0, 0.05) is 16.1 Å². The smallest absolute Gasteiger partial charge is 0.200 e. The van der Waals surface area contributed by atoms with Crippen molar-refractivity contribution in [3.8, 4) is 16.9 Å². The molecule has 0 amide bonds. The number of halogens is 1. The largest absolute Gasteiger partial charge is 0.485 e. The fraction of sp³-hybridized carbons (Fsp3) is 0.0500. The van der Waals surface area contributed by atoms with Crippen molar-refractivity contribution in [2.75, 3.05) is 6.61 Å². The number of hydrogen-bond donors (Lipinski definition) is 0. The molecule has 0 aliphatic carbocycles. The predicted octanol–water partition coefficient (Wildman–Crippen LogP) is 5.27. The molecule has 0 N–H and O–H groups in total. The maximum absolute atomic E-state index is 12.2. The lowest BCUT2D eigenvalue weighted by atomic mass is 10.0. The molecule has 0 aliphatic rings. The minimum atomic E-state index is -0.0791. The van der Waals surface area contributed by atoms with Crippen LogP contribution in [0.2, 0.25) is 5.02 Å². The average molecular weight is 323 g/mol. The molecule has 3 aromatic rings. The zero-order valence-corrected chi connectivity index (χ0v) is 13.2. The standard InChI is InChI=1S/C20H15ClO2/c21-17-12-10-16(11-13-17)19(22)14-23-20-9-5-4-8-18(20)15-6-2-1-3-7-15/h1-13H,14H2. The summed E-state index contributed by atoms with van der Waals surface area (Å²) in [4.78, 5) is 12.2. The van der Waals surface area contributed by atoms with Crippen molar-refractivity contribution >= 4 is 17.4 Å². The van der Waals surface area contributed by atoms with E-state index in [2.05, 4.69) is 0 Å². The van der Waals surface area contributed by atoms with Crippen molar-refractivity contribution in [2.45, 2.75) is 0 Å². The molecule has 0 bridgehead atoms. The van der Waals surface area contributed by atoms with Crippen LogP contribution in [0, 0.1) is 0 Å². The van der Waals surface area contributed by atoms with E-state index >= 15 is 0 Å². The summed E-state index contributed by atoms with van der Waals surface area (Å²) >= 11 is 5.84. The first-order valence-electron chi connectivity index (χ1n) is 7.30. The van der Waals surface area contributed by atoms with Crippen molar-refractivity contribution in [1.29, 1.82) is 0 Å². The molecule has 3 heteroatoms. The average Bonchev–Trinajstić information content (AvgIpc) is 2.61. The van der Waals surface area contributed by atoms with Gasteiger partial charge in [0.15, 0.2) is 12.4 Å². The van der Waals surface area contributed by atoms with E-state index < -0.39 is 0 Å². The molecule has 0 heterocycles. The lowest BCUT2D eigenvalue weighted by molar-refractivity contribution is 0.0922. The van der Waals surface area contributed by atoms with Gasteiger partial charge in [-0.25, -0.2) is 0 Å². The Bertz CT molecular complexity index is 795. The number of Topliss-reactive ketones (excluding diaryl/α,β-unsaturated/α-hetero) is 1. The van der Waals surface area contributed by atoms with Crippen LogP contribution in [0.25, 0.3) is 11.1 Å². The third-order valence-electron chi connectivity index (χ3n) is 3.50. The van der Waals surface area contributed by atoms with Crippen LogP contribution in [0.4, 0.5) is 0 Å². The van der Waals surface area contributed by atoms with Gasteiger partial charge in [-0.2, -0.15) is 0 Å². The van der Waals surface area contributed by atoms with Gasteiger partial charge in [0.2, 0.25) is 0 Å². The van der Waals surface area contributed by atoms with E-state index in [9.17, 15) is 4.79 Å². The summed E-state index contributed by atoms with van der Waals surface area (Å²) in [7, 11) is 0. The van der Waals surface area contributed by atoms with E-state index in [-0.39, 0.29) is 12.4 Å². The van der Waals surface area contributed by atoms with Crippen LogP contribution >= 0.6 is 11.6 Å². The van der Waals surface area contributed by atoms with E-state index in [1.165, 1.54) is 0 Å². The Morgan fingerprint density at radius 1 is 0.826 bits per heavy atom. The van der Waals surface area contributed by atoms with Crippen LogP contribution in [0.5, 0.6) is 5.75 Å². The van der Waals surface area contributed by atoms with Crippen LogP contribution in [0.15, 0.2) is 78.9 Å². The van der Waals surface area contributed by atoms with Gasteiger partial charge in [-0.15, -0.1) is 0 Å². The van der Waals surface area contributed by atoms with Crippen molar-refractivity contribution in [3.05, 3.63) is 89.4 Å². The number of carbonyl (C=O) groups is 1. The lowest BCUT2D eigenvalue weighted by Crippen LogP contribution is -2.11. The third-order valence-corrected chi connectivity index (χ3v) is 3.75. The van der Waals surface area contributed by atoms with Crippen molar-refractivity contribution < 1.29 is 9.53 Å². The van der Waals surface area contributed by atoms with Crippen molar-refractivity contribution in [3.63, 3.8) is 0 Å². The van der Waals surface area contributed by atoms with Gasteiger partial charge in [0.1, 0.15) is 5.75 Å². The normalized spacial score (nSPS) is 10.3. The Morgan fingerprint density at radius 2 is 1.48 bits per heavy atom. The molecule has 0 aliphatic heterocycles. The Kier molecular flexibility index (Phi) is 4.74. The Morgan fingerprint density at radius 3 is 2.22 bits per heavy atom. The molecular formula is C20H15ClO2. The van der Waals surface area contributed by atoms with Crippen LogP contribution in [-0.4, -0.2) is 12.4 Å². The highest BCUT2D eigenvalue weighted by Crippen LogP contribution is 2.29. The second-order valence-electron chi connectivity index (χ2n) is 5.08. The number of ketones is 1. The van der Waals surface area contributed by atoms with Crippen LogP contribution in [-0.2, 0) is 0 Å². The number of hydrogen-bond acceptors (Lipinski definition) is 2. The molecule has 0 atom stereocenters. The topological polar surface area (TPSA) is 26.3 Å². The summed E-state index contributed by atoms with van der Waals surface area (Å²) in [5.74, 6) is 0.616. The Hall–Kier alpha value is -2.58. The van der Waals surface area contributed by atoms with Gasteiger partial charge in [-0.3, -0.25) is 4.79 Å². The highest BCUT2D eigenvalue weighted by Gasteiger charge is 2.10. The summed E-state index contributed by atoms with van der Waals surface area (Å²) < 4.78 is 5.76. The molecular weight excluding hydrogens is 308 g/mol. The van der Waals surface area contributed by atoms with Crippen molar-refractivity contribution in [1.82, 2.24) is 0 Å². The van der Waals surface area contributed by atoms with Gasteiger partial charge >= 0.3 is 0 Å². The molecule has 23 heavy (non-hydrogen) atoms. The molecule has 0 aromatic heterocycles. The summed E-state index contributed by atoms with van der Waals surface area (Å²) in [5.41, 5.74) is 2.62. The third kappa shape index (κ3) is 3.79.